The van der Waals surface area contributed by atoms with Gasteiger partial charge >= 0.3 is 0 Å². The second kappa shape index (κ2) is 11.5. The monoisotopic (exact) mass is 415 g/mol. The van der Waals surface area contributed by atoms with Gasteiger partial charge in [-0.05, 0) is 43.9 Å². The first-order chi connectivity index (χ1) is 13.6. The smallest absolute Gasteiger partial charge is 0.124 e. The van der Waals surface area contributed by atoms with Gasteiger partial charge in [0.15, 0.2) is 0 Å². The Labute approximate surface area is 178 Å². The summed E-state index contributed by atoms with van der Waals surface area (Å²) in [5.41, 5.74) is 3.07. The molecule has 29 heavy (non-hydrogen) atoms. The highest BCUT2D eigenvalue weighted by molar-refractivity contribution is 5.85. The van der Waals surface area contributed by atoms with E-state index in [2.05, 4.69) is 21.3 Å². The van der Waals surface area contributed by atoms with Gasteiger partial charge in [-0.15, -0.1) is 12.4 Å². The van der Waals surface area contributed by atoms with E-state index in [1.54, 1.807) is 18.3 Å². The van der Waals surface area contributed by atoms with Crippen molar-refractivity contribution in [2.24, 2.45) is 0 Å². The van der Waals surface area contributed by atoms with E-state index in [9.17, 15) is 4.39 Å². The van der Waals surface area contributed by atoms with Crippen LogP contribution in [0.25, 0.3) is 0 Å². The molecule has 3 rings (SSSR count). The second-order valence-corrected chi connectivity index (χ2v) is 6.92. The van der Waals surface area contributed by atoms with E-state index in [0.717, 1.165) is 22.4 Å². The van der Waals surface area contributed by atoms with Gasteiger partial charge in [-0.25, -0.2) is 4.39 Å². The van der Waals surface area contributed by atoms with Crippen LogP contribution in [0.1, 0.15) is 22.7 Å². The number of hydrogen-bond acceptors (Lipinski definition) is 4. The van der Waals surface area contributed by atoms with Gasteiger partial charge in [0, 0.05) is 42.7 Å². The Balaban J connectivity index is 0.00000300. The molecule has 6 heteroatoms. The normalized spacial score (nSPS) is 11.7. The summed E-state index contributed by atoms with van der Waals surface area (Å²) < 4.78 is 19.6. The molecule has 0 fully saturated rings. The third kappa shape index (κ3) is 6.82. The maximum Gasteiger partial charge on any atom is 0.124 e. The van der Waals surface area contributed by atoms with Crippen molar-refractivity contribution >= 4 is 12.4 Å². The lowest BCUT2D eigenvalue weighted by atomic mass is 10.1. The molecule has 4 nitrogen and oxygen atoms in total. The lowest BCUT2D eigenvalue weighted by molar-refractivity contribution is 0.284. The number of benzene rings is 2. The third-order valence-electron chi connectivity index (χ3n) is 4.60. The molecular weight excluding hydrogens is 389 g/mol. The van der Waals surface area contributed by atoms with Crippen LogP contribution in [0.5, 0.6) is 5.75 Å². The van der Waals surface area contributed by atoms with Gasteiger partial charge in [0.25, 0.3) is 0 Å². The quantitative estimate of drug-likeness (QED) is 0.553. The SMILES string of the molecule is CN(C)C(CNCc1ccccc1OCc1cccnc1)c1cccc(F)c1.Cl. The molecule has 1 atom stereocenters. The summed E-state index contributed by atoms with van der Waals surface area (Å²) in [5, 5.41) is 3.48. The predicted molar refractivity (Wildman–Crippen MR) is 117 cm³/mol. The van der Waals surface area contributed by atoms with Crippen LogP contribution in [-0.2, 0) is 13.2 Å². The first kappa shape index (κ1) is 22.8. The van der Waals surface area contributed by atoms with Crippen LogP contribution in [0.2, 0.25) is 0 Å². The molecule has 154 valence electrons. The van der Waals surface area contributed by atoms with E-state index in [1.807, 2.05) is 56.7 Å². The molecule has 0 bridgehead atoms. The molecule has 0 saturated carbocycles. The van der Waals surface area contributed by atoms with Gasteiger partial charge < -0.3 is 15.0 Å². The third-order valence-corrected chi connectivity index (χ3v) is 4.60. The molecule has 3 aromatic rings. The van der Waals surface area contributed by atoms with Crippen molar-refractivity contribution in [2.45, 2.75) is 19.2 Å². The molecule has 1 unspecified atom stereocenters. The van der Waals surface area contributed by atoms with Crippen LogP contribution in [0.15, 0.2) is 73.1 Å². The lowest BCUT2D eigenvalue weighted by Gasteiger charge is -2.25. The van der Waals surface area contributed by atoms with E-state index in [-0.39, 0.29) is 24.3 Å². The summed E-state index contributed by atoms with van der Waals surface area (Å²) in [4.78, 5) is 6.21. The minimum Gasteiger partial charge on any atom is -0.489 e. The van der Waals surface area contributed by atoms with Gasteiger partial charge in [-0.1, -0.05) is 36.4 Å². The summed E-state index contributed by atoms with van der Waals surface area (Å²) in [6.07, 6.45) is 3.56. The Bertz CT molecular complexity index is 877. The zero-order chi connectivity index (χ0) is 19.8. The molecule has 1 N–H and O–H groups in total. The number of rotatable bonds is 9. The number of likely N-dealkylation sites (N-methyl/N-ethyl adjacent to an activating group) is 1. The van der Waals surface area contributed by atoms with Crippen LogP contribution >= 0.6 is 12.4 Å². The summed E-state index contributed by atoms with van der Waals surface area (Å²) in [5.74, 6) is 0.643. The van der Waals surface area contributed by atoms with Gasteiger partial charge in [-0.2, -0.15) is 0 Å². The molecule has 0 aliphatic heterocycles. The Kier molecular flexibility index (Phi) is 9.06. The van der Waals surface area contributed by atoms with Crippen LogP contribution < -0.4 is 10.1 Å². The highest BCUT2D eigenvalue weighted by Gasteiger charge is 2.14. The molecule has 0 aliphatic carbocycles. The first-order valence-corrected chi connectivity index (χ1v) is 9.35. The van der Waals surface area contributed by atoms with Gasteiger partial charge in [-0.3, -0.25) is 4.98 Å². The second-order valence-electron chi connectivity index (χ2n) is 6.92. The fourth-order valence-electron chi connectivity index (χ4n) is 3.09. The van der Waals surface area contributed by atoms with Crippen LogP contribution in [0.3, 0.4) is 0 Å². The number of halogens is 2. The van der Waals surface area contributed by atoms with E-state index >= 15 is 0 Å². The van der Waals surface area contributed by atoms with E-state index in [4.69, 9.17) is 4.74 Å². The Morgan fingerprint density at radius 2 is 1.90 bits per heavy atom. The van der Waals surface area contributed by atoms with Crippen molar-refractivity contribution < 1.29 is 9.13 Å². The van der Waals surface area contributed by atoms with Crippen LogP contribution in [0, 0.1) is 5.82 Å². The number of ether oxygens (including phenoxy) is 1. The first-order valence-electron chi connectivity index (χ1n) is 9.35. The summed E-state index contributed by atoms with van der Waals surface area (Å²) in [6, 6.07) is 18.8. The topological polar surface area (TPSA) is 37.4 Å². The van der Waals surface area contributed by atoms with E-state index < -0.39 is 0 Å². The van der Waals surface area contributed by atoms with Crippen molar-refractivity contribution in [2.75, 3.05) is 20.6 Å². The molecular formula is C23H27ClFN3O. The van der Waals surface area contributed by atoms with Crippen molar-refractivity contribution in [1.29, 1.82) is 0 Å². The standard InChI is InChI=1S/C23H26FN3O.ClH/c1-27(2)22(19-9-5-10-21(24)13-19)16-26-15-20-8-3-4-11-23(20)28-17-18-7-6-12-25-14-18;/h3-14,22,26H,15-17H2,1-2H3;1H. The number of pyridine rings is 1. The number of para-hydroxylation sites is 1. The number of nitrogens with one attached hydrogen (secondary N) is 1. The number of nitrogens with zero attached hydrogens (tertiary/aromatic N) is 2. The molecule has 0 aliphatic rings. The Morgan fingerprint density at radius 1 is 1.07 bits per heavy atom. The van der Waals surface area contributed by atoms with Crippen molar-refractivity contribution in [3.8, 4) is 5.75 Å². The highest BCUT2D eigenvalue weighted by atomic mass is 35.5. The zero-order valence-corrected chi connectivity index (χ0v) is 17.5. The molecule has 0 saturated heterocycles. The van der Waals surface area contributed by atoms with Crippen LogP contribution in [0.4, 0.5) is 4.39 Å². The van der Waals surface area contributed by atoms with Crippen LogP contribution in [-0.4, -0.2) is 30.5 Å². The summed E-state index contributed by atoms with van der Waals surface area (Å²) >= 11 is 0. The summed E-state index contributed by atoms with van der Waals surface area (Å²) in [7, 11) is 4.00. The maximum absolute atomic E-state index is 13.6. The van der Waals surface area contributed by atoms with Gasteiger partial charge in [0.1, 0.15) is 18.2 Å². The molecule has 2 aromatic carbocycles. The Hall–Kier alpha value is -2.47. The largest absolute Gasteiger partial charge is 0.489 e. The van der Waals surface area contributed by atoms with E-state index in [1.165, 1.54) is 6.07 Å². The average molecular weight is 416 g/mol. The van der Waals surface area contributed by atoms with Crippen molar-refractivity contribution in [3.05, 3.63) is 95.6 Å². The number of hydrogen-bond donors (Lipinski definition) is 1. The lowest BCUT2D eigenvalue weighted by Crippen LogP contribution is -2.31. The predicted octanol–water partition coefficient (Wildman–Crippen LogP) is 4.61. The molecule has 1 aromatic heterocycles. The number of aromatic nitrogens is 1. The molecule has 0 spiro atoms. The van der Waals surface area contributed by atoms with E-state index in [0.29, 0.717) is 19.7 Å². The summed E-state index contributed by atoms with van der Waals surface area (Å²) in [6.45, 7) is 1.85. The van der Waals surface area contributed by atoms with Crippen molar-refractivity contribution in [1.82, 2.24) is 15.2 Å². The fourth-order valence-corrected chi connectivity index (χ4v) is 3.09. The molecule has 1 heterocycles. The minimum atomic E-state index is -0.210. The molecule has 0 radical (unpaired) electrons. The Morgan fingerprint density at radius 3 is 2.62 bits per heavy atom. The van der Waals surface area contributed by atoms with Gasteiger partial charge in [0.2, 0.25) is 0 Å². The fraction of sp³-hybridized carbons (Fsp3) is 0.261. The minimum absolute atomic E-state index is 0. The van der Waals surface area contributed by atoms with Gasteiger partial charge in [0.05, 0.1) is 0 Å². The zero-order valence-electron chi connectivity index (χ0n) is 16.7. The maximum atomic E-state index is 13.6. The van der Waals surface area contributed by atoms with Crippen molar-refractivity contribution in [3.63, 3.8) is 0 Å². The average Bonchev–Trinajstić information content (AvgIpc) is 2.71. The molecule has 0 amide bonds. The highest BCUT2D eigenvalue weighted by Crippen LogP contribution is 2.21.